The molecule has 2 amide bonds. The van der Waals surface area contributed by atoms with Crippen molar-refractivity contribution >= 4 is 11.8 Å². The Kier molecular flexibility index (Phi) is 5.17. The van der Waals surface area contributed by atoms with Gasteiger partial charge in [0.2, 0.25) is 11.8 Å². The molecule has 2 aliphatic rings. The molecule has 0 N–H and O–H groups in total. The van der Waals surface area contributed by atoms with Crippen LogP contribution in [0.3, 0.4) is 0 Å². The molecule has 0 aromatic rings. The van der Waals surface area contributed by atoms with E-state index in [1.54, 1.807) is 6.92 Å². The van der Waals surface area contributed by atoms with E-state index in [4.69, 9.17) is 0 Å². The van der Waals surface area contributed by atoms with E-state index in [-0.39, 0.29) is 17.7 Å². The van der Waals surface area contributed by atoms with E-state index in [1.165, 1.54) is 0 Å². The lowest BCUT2D eigenvalue weighted by Crippen LogP contribution is -2.51. The first-order valence-electron chi connectivity index (χ1n) is 7.49. The molecule has 2 aliphatic heterocycles. The molecule has 0 radical (unpaired) electrons. The van der Waals surface area contributed by atoms with Gasteiger partial charge in [-0.15, -0.1) is 6.58 Å². The van der Waals surface area contributed by atoms with Gasteiger partial charge in [0.25, 0.3) is 0 Å². The molecule has 0 aromatic heterocycles. The highest BCUT2D eigenvalue weighted by molar-refractivity contribution is 5.79. The Bertz CT molecular complexity index is 367. The second-order valence-electron chi connectivity index (χ2n) is 5.69. The van der Waals surface area contributed by atoms with Crippen LogP contribution in [-0.2, 0) is 9.59 Å². The fourth-order valence-corrected chi connectivity index (χ4v) is 3.03. The maximum Gasteiger partial charge on any atom is 0.225 e. The third kappa shape index (κ3) is 3.60. The van der Waals surface area contributed by atoms with Crippen molar-refractivity contribution in [2.24, 2.45) is 5.92 Å². The number of piperidine rings is 1. The Hall–Kier alpha value is -1.36. The van der Waals surface area contributed by atoms with E-state index in [0.717, 1.165) is 58.7 Å². The Labute approximate surface area is 121 Å². The van der Waals surface area contributed by atoms with E-state index < -0.39 is 0 Å². The van der Waals surface area contributed by atoms with Crippen LogP contribution in [0, 0.1) is 5.92 Å². The number of piperazine rings is 1. The van der Waals surface area contributed by atoms with Crippen molar-refractivity contribution in [3.05, 3.63) is 12.7 Å². The molecule has 0 spiro atoms. The first-order chi connectivity index (χ1) is 9.61. The summed E-state index contributed by atoms with van der Waals surface area (Å²) in [5, 5.41) is 0. The van der Waals surface area contributed by atoms with Crippen LogP contribution in [0.4, 0.5) is 0 Å². The summed E-state index contributed by atoms with van der Waals surface area (Å²) < 4.78 is 0. The summed E-state index contributed by atoms with van der Waals surface area (Å²) in [6.07, 6.45) is 3.53. The number of hydrogen-bond acceptors (Lipinski definition) is 3. The number of likely N-dealkylation sites (tertiary alicyclic amines) is 1. The Morgan fingerprint density at radius 3 is 2.15 bits per heavy atom. The first-order valence-corrected chi connectivity index (χ1v) is 7.49. The number of rotatable bonds is 3. The quantitative estimate of drug-likeness (QED) is 0.710. The molecule has 0 aliphatic carbocycles. The number of amides is 2. The summed E-state index contributed by atoms with van der Waals surface area (Å²) in [5.74, 6) is 0.511. The van der Waals surface area contributed by atoms with Crippen molar-refractivity contribution in [3.63, 3.8) is 0 Å². The van der Waals surface area contributed by atoms with Gasteiger partial charge < -0.3 is 9.80 Å². The van der Waals surface area contributed by atoms with Crippen LogP contribution >= 0.6 is 0 Å². The van der Waals surface area contributed by atoms with Gasteiger partial charge in [0.15, 0.2) is 0 Å². The summed E-state index contributed by atoms with van der Waals surface area (Å²) >= 11 is 0. The average molecular weight is 279 g/mol. The summed E-state index contributed by atoms with van der Waals surface area (Å²) in [5.41, 5.74) is 0. The molecular formula is C15H25N3O2. The molecule has 0 saturated carbocycles. The van der Waals surface area contributed by atoms with Crippen molar-refractivity contribution in [3.8, 4) is 0 Å². The number of hydrogen-bond donors (Lipinski definition) is 0. The zero-order valence-electron chi connectivity index (χ0n) is 12.4. The molecular weight excluding hydrogens is 254 g/mol. The third-order valence-corrected chi connectivity index (χ3v) is 4.36. The van der Waals surface area contributed by atoms with Crippen LogP contribution in [-0.4, -0.2) is 72.3 Å². The highest BCUT2D eigenvalue weighted by Crippen LogP contribution is 2.20. The molecule has 0 atom stereocenters. The van der Waals surface area contributed by atoms with Gasteiger partial charge in [0, 0.05) is 58.7 Å². The van der Waals surface area contributed by atoms with Gasteiger partial charge in [-0.25, -0.2) is 0 Å². The first kappa shape index (κ1) is 15.0. The predicted octanol–water partition coefficient (Wildman–Crippen LogP) is 0.575. The van der Waals surface area contributed by atoms with Crippen molar-refractivity contribution in [1.29, 1.82) is 0 Å². The van der Waals surface area contributed by atoms with Gasteiger partial charge in [-0.3, -0.25) is 14.5 Å². The van der Waals surface area contributed by atoms with Crippen LogP contribution in [0.2, 0.25) is 0 Å². The monoisotopic (exact) mass is 279 g/mol. The zero-order valence-corrected chi connectivity index (χ0v) is 12.4. The second kappa shape index (κ2) is 6.88. The minimum absolute atomic E-state index is 0.108. The molecule has 5 nitrogen and oxygen atoms in total. The van der Waals surface area contributed by atoms with Crippen LogP contribution in [0.25, 0.3) is 0 Å². The number of carbonyl (C=O) groups excluding carboxylic acids is 2. The molecule has 20 heavy (non-hydrogen) atoms. The van der Waals surface area contributed by atoms with Crippen molar-refractivity contribution < 1.29 is 9.59 Å². The van der Waals surface area contributed by atoms with Gasteiger partial charge in [-0.2, -0.15) is 0 Å². The van der Waals surface area contributed by atoms with E-state index in [2.05, 4.69) is 11.5 Å². The second-order valence-corrected chi connectivity index (χ2v) is 5.69. The average Bonchev–Trinajstić information content (AvgIpc) is 2.48. The van der Waals surface area contributed by atoms with Crippen LogP contribution < -0.4 is 0 Å². The Morgan fingerprint density at radius 2 is 1.65 bits per heavy atom. The van der Waals surface area contributed by atoms with Crippen LogP contribution in [0.1, 0.15) is 19.8 Å². The zero-order chi connectivity index (χ0) is 14.5. The lowest BCUT2D eigenvalue weighted by atomic mass is 9.95. The van der Waals surface area contributed by atoms with Crippen molar-refractivity contribution in [2.45, 2.75) is 19.8 Å². The molecule has 0 unspecified atom stereocenters. The molecule has 2 fully saturated rings. The minimum atomic E-state index is 0.108. The fourth-order valence-electron chi connectivity index (χ4n) is 3.03. The molecule has 112 valence electrons. The predicted molar refractivity (Wildman–Crippen MR) is 78.2 cm³/mol. The van der Waals surface area contributed by atoms with Crippen LogP contribution in [0.5, 0.6) is 0 Å². The minimum Gasteiger partial charge on any atom is -0.343 e. The normalized spacial score (nSPS) is 21.9. The fraction of sp³-hybridized carbons (Fsp3) is 0.733. The maximum atomic E-state index is 12.5. The summed E-state index contributed by atoms with van der Waals surface area (Å²) in [7, 11) is 0. The molecule has 0 aromatic carbocycles. The third-order valence-electron chi connectivity index (χ3n) is 4.36. The summed E-state index contributed by atoms with van der Waals surface area (Å²) in [6.45, 7) is 11.2. The van der Waals surface area contributed by atoms with Gasteiger partial charge in [0.1, 0.15) is 0 Å². The molecule has 2 rings (SSSR count). The molecule has 0 bridgehead atoms. The maximum absolute atomic E-state index is 12.5. The number of nitrogens with zero attached hydrogens (tertiary/aromatic N) is 3. The molecule has 2 heterocycles. The van der Waals surface area contributed by atoms with Crippen molar-refractivity contribution in [1.82, 2.24) is 14.7 Å². The lowest BCUT2D eigenvalue weighted by molar-refractivity contribution is -0.141. The topological polar surface area (TPSA) is 43.9 Å². The molecule has 2 saturated heterocycles. The van der Waals surface area contributed by atoms with E-state index in [9.17, 15) is 9.59 Å². The SMILES string of the molecule is C=CCN1CCN(C(=O)C2CCN(C(C)=O)CC2)CC1. The smallest absolute Gasteiger partial charge is 0.225 e. The van der Waals surface area contributed by atoms with Gasteiger partial charge in [-0.05, 0) is 12.8 Å². The van der Waals surface area contributed by atoms with Gasteiger partial charge in [-0.1, -0.05) is 6.08 Å². The summed E-state index contributed by atoms with van der Waals surface area (Å²) in [6, 6.07) is 0. The van der Waals surface area contributed by atoms with Crippen molar-refractivity contribution in [2.75, 3.05) is 45.8 Å². The number of carbonyl (C=O) groups is 2. The highest BCUT2D eigenvalue weighted by atomic mass is 16.2. The van der Waals surface area contributed by atoms with Gasteiger partial charge in [0.05, 0.1) is 0 Å². The largest absolute Gasteiger partial charge is 0.343 e. The van der Waals surface area contributed by atoms with E-state index in [0.29, 0.717) is 0 Å². The highest BCUT2D eigenvalue weighted by Gasteiger charge is 2.30. The Morgan fingerprint density at radius 1 is 1.05 bits per heavy atom. The standard InChI is InChI=1S/C15H25N3O2/c1-3-6-16-9-11-18(12-10-16)15(20)14-4-7-17(8-5-14)13(2)19/h3,14H,1,4-12H2,2H3. The molecule has 5 heteroatoms. The van der Waals surface area contributed by atoms with E-state index >= 15 is 0 Å². The summed E-state index contributed by atoms with van der Waals surface area (Å²) in [4.78, 5) is 29.9. The van der Waals surface area contributed by atoms with Crippen LogP contribution in [0.15, 0.2) is 12.7 Å². The Balaban J connectivity index is 1.78. The van der Waals surface area contributed by atoms with Gasteiger partial charge >= 0.3 is 0 Å². The van der Waals surface area contributed by atoms with E-state index in [1.807, 2.05) is 15.9 Å². The lowest BCUT2D eigenvalue weighted by Gasteiger charge is -2.38.